The largest absolute Gasteiger partial charge is 0.348 e. The van der Waals surface area contributed by atoms with E-state index in [1.165, 1.54) is 6.08 Å². The van der Waals surface area contributed by atoms with Gasteiger partial charge >= 0.3 is 5.92 Å². The van der Waals surface area contributed by atoms with Crippen molar-refractivity contribution in [2.24, 2.45) is 0 Å². The Hall–Kier alpha value is -1.71. The maximum absolute atomic E-state index is 13.8. The summed E-state index contributed by atoms with van der Waals surface area (Å²) in [6.45, 7) is 0. The van der Waals surface area contributed by atoms with Gasteiger partial charge in [-0.15, -0.1) is 0 Å². The zero-order chi connectivity index (χ0) is 14.4. The molecule has 0 atom stereocenters. The highest BCUT2D eigenvalue weighted by atomic mass is 19.3. The van der Waals surface area contributed by atoms with Crippen LogP contribution in [0.2, 0.25) is 0 Å². The Labute approximate surface area is 117 Å². The van der Waals surface area contributed by atoms with Crippen molar-refractivity contribution in [3.63, 3.8) is 0 Å². The van der Waals surface area contributed by atoms with Gasteiger partial charge in [-0.25, -0.2) is 0 Å². The molecule has 1 aromatic carbocycles. The molecular formula is C16H19F2NO. The number of halogens is 2. The molecule has 1 fully saturated rings. The third-order valence-corrected chi connectivity index (χ3v) is 3.53. The molecule has 1 N–H and O–H groups in total. The minimum absolute atomic E-state index is 0.104. The molecule has 0 spiro atoms. The van der Waals surface area contributed by atoms with Crippen LogP contribution >= 0.6 is 0 Å². The minimum atomic E-state index is -3.46. The Morgan fingerprint density at radius 1 is 1.15 bits per heavy atom. The van der Waals surface area contributed by atoms with Crippen molar-refractivity contribution in [3.05, 3.63) is 42.0 Å². The number of hydrogen-bond donors (Lipinski definition) is 1. The average molecular weight is 279 g/mol. The molecule has 0 saturated heterocycles. The average Bonchev–Trinajstić information content (AvgIpc) is 2.47. The summed E-state index contributed by atoms with van der Waals surface area (Å²) in [6, 6.07) is 8.66. The molecule has 108 valence electrons. The van der Waals surface area contributed by atoms with Gasteiger partial charge in [-0.1, -0.05) is 55.7 Å². The Morgan fingerprint density at radius 2 is 1.80 bits per heavy atom. The number of rotatable bonds is 4. The van der Waals surface area contributed by atoms with Crippen molar-refractivity contribution in [2.45, 2.75) is 44.1 Å². The van der Waals surface area contributed by atoms with Crippen LogP contribution in [0.5, 0.6) is 0 Å². The van der Waals surface area contributed by atoms with E-state index in [-0.39, 0.29) is 6.04 Å². The second-order valence-corrected chi connectivity index (χ2v) is 5.18. The predicted octanol–water partition coefficient (Wildman–Crippen LogP) is 3.78. The third kappa shape index (κ3) is 4.15. The Morgan fingerprint density at radius 3 is 2.45 bits per heavy atom. The third-order valence-electron chi connectivity index (χ3n) is 3.53. The van der Waals surface area contributed by atoms with Crippen LogP contribution in [0, 0.1) is 0 Å². The molecule has 0 bridgehead atoms. The van der Waals surface area contributed by atoms with E-state index in [2.05, 4.69) is 5.32 Å². The number of nitrogens with one attached hydrogen (secondary N) is 1. The first-order valence-electron chi connectivity index (χ1n) is 7.01. The van der Waals surface area contributed by atoms with Gasteiger partial charge in [-0.05, 0) is 24.5 Å². The van der Waals surface area contributed by atoms with E-state index in [1.54, 1.807) is 24.3 Å². The zero-order valence-electron chi connectivity index (χ0n) is 11.3. The molecule has 2 rings (SSSR count). The molecule has 0 unspecified atom stereocenters. The van der Waals surface area contributed by atoms with Crippen molar-refractivity contribution < 1.29 is 13.6 Å². The highest BCUT2D eigenvalue weighted by Crippen LogP contribution is 2.21. The van der Waals surface area contributed by atoms with Crippen molar-refractivity contribution in [1.82, 2.24) is 5.32 Å². The lowest BCUT2D eigenvalue weighted by atomic mass is 9.95. The maximum Gasteiger partial charge on any atom is 0.343 e. The number of carbonyl (C=O) groups excluding carboxylic acids is 1. The summed E-state index contributed by atoms with van der Waals surface area (Å²) in [5.74, 6) is -4.66. The highest BCUT2D eigenvalue weighted by Gasteiger charge is 2.36. The summed E-state index contributed by atoms with van der Waals surface area (Å²) >= 11 is 0. The Bertz CT molecular complexity index is 465. The summed E-state index contributed by atoms with van der Waals surface area (Å²) in [6.07, 6.45) is 6.65. The van der Waals surface area contributed by atoms with Crippen molar-refractivity contribution in [2.75, 3.05) is 0 Å². The Balaban J connectivity index is 1.94. The number of amides is 1. The molecule has 4 heteroatoms. The van der Waals surface area contributed by atoms with Gasteiger partial charge in [0, 0.05) is 6.04 Å². The lowest BCUT2D eigenvalue weighted by Crippen LogP contribution is -2.45. The van der Waals surface area contributed by atoms with Gasteiger partial charge in [0.25, 0.3) is 5.91 Å². The quantitative estimate of drug-likeness (QED) is 0.892. The molecular weight excluding hydrogens is 260 g/mol. The summed E-state index contributed by atoms with van der Waals surface area (Å²) in [7, 11) is 0. The minimum Gasteiger partial charge on any atom is -0.348 e. The van der Waals surface area contributed by atoms with Crippen LogP contribution in [0.3, 0.4) is 0 Å². The molecule has 1 aliphatic rings. The first-order valence-corrected chi connectivity index (χ1v) is 7.01. The molecule has 20 heavy (non-hydrogen) atoms. The number of alkyl halides is 2. The summed E-state index contributed by atoms with van der Waals surface area (Å²) in [5, 5.41) is 2.46. The topological polar surface area (TPSA) is 29.1 Å². The zero-order valence-corrected chi connectivity index (χ0v) is 11.3. The number of benzene rings is 1. The molecule has 1 saturated carbocycles. The lowest BCUT2D eigenvalue weighted by molar-refractivity contribution is -0.140. The van der Waals surface area contributed by atoms with Crippen LogP contribution < -0.4 is 5.32 Å². The summed E-state index contributed by atoms with van der Waals surface area (Å²) in [5.41, 5.74) is 0.651. The lowest BCUT2D eigenvalue weighted by Gasteiger charge is -2.24. The normalized spacial score (nSPS) is 17.3. The molecule has 1 amide bonds. The molecule has 2 nitrogen and oxygen atoms in total. The van der Waals surface area contributed by atoms with Crippen LogP contribution in [0.15, 0.2) is 36.4 Å². The van der Waals surface area contributed by atoms with E-state index in [0.717, 1.165) is 32.1 Å². The monoisotopic (exact) mass is 279 g/mol. The molecule has 0 aromatic heterocycles. The van der Waals surface area contributed by atoms with Gasteiger partial charge in [0.1, 0.15) is 0 Å². The van der Waals surface area contributed by atoms with Crippen LogP contribution in [0.25, 0.3) is 6.08 Å². The van der Waals surface area contributed by atoms with Gasteiger partial charge < -0.3 is 5.32 Å². The van der Waals surface area contributed by atoms with Crippen molar-refractivity contribution in [1.29, 1.82) is 0 Å². The molecule has 1 aliphatic carbocycles. The van der Waals surface area contributed by atoms with Gasteiger partial charge in [-0.3, -0.25) is 4.79 Å². The molecule has 0 aliphatic heterocycles. The highest BCUT2D eigenvalue weighted by molar-refractivity contribution is 5.86. The van der Waals surface area contributed by atoms with E-state index in [1.807, 2.05) is 6.07 Å². The fourth-order valence-corrected chi connectivity index (χ4v) is 2.37. The van der Waals surface area contributed by atoms with E-state index in [9.17, 15) is 13.6 Å². The SMILES string of the molecule is O=C(NC1CCCCC1)C(F)(F)/C=C/c1ccccc1. The predicted molar refractivity (Wildman–Crippen MR) is 75.4 cm³/mol. The van der Waals surface area contributed by atoms with E-state index < -0.39 is 11.8 Å². The van der Waals surface area contributed by atoms with Crippen LogP contribution in [0.4, 0.5) is 8.78 Å². The van der Waals surface area contributed by atoms with Crippen molar-refractivity contribution in [3.8, 4) is 0 Å². The first-order chi connectivity index (χ1) is 9.58. The van der Waals surface area contributed by atoms with Gasteiger partial charge in [0.15, 0.2) is 0 Å². The molecule has 0 radical (unpaired) electrons. The van der Waals surface area contributed by atoms with E-state index >= 15 is 0 Å². The smallest absolute Gasteiger partial charge is 0.343 e. The summed E-state index contributed by atoms with van der Waals surface area (Å²) < 4.78 is 27.5. The first kappa shape index (κ1) is 14.7. The number of hydrogen-bond acceptors (Lipinski definition) is 1. The second-order valence-electron chi connectivity index (χ2n) is 5.18. The van der Waals surface area contributed by atoms with E-state index in [0.29, 0.717) is 11.6 Å². The van der Waals surface area contributed by atoms with Crippen molar-refractivity contribution >= 4 is 12.0 Å². The van der Waals surface area contributed by atoms with E-state index in [4.69, 9.17) is 0 Å². The fourth-order valence-electron chi connectivity index (χ4n) is 2.37. The fraction of sp³-hybridized carbons (Fsp3) is 0.438. The van der Waals surface area contributed by atoms with Crippen LogP contribution in [-0.4, -0.2) is 17.9 Å². The van der Waals surface area contributed by atoms with Gasteiger partial charge in [0.05, 0.1) is 0 Å². The van der Waals surface area contributed by atoms with Gasteiger partial charge in [0.2, 0.25) is 0 Å². The van der Waals surface area contributed by atoms with Crippen LogP contribution in [-0.2, 0) is 4.79 Å². The second kappa shape index (κ2) is 6.64. The standard InChI is InChI=1S/C16H19F2NO/c17-16(18,12-11-13-7-3-1-4-8-13)15(20)19-14-9-5-2-6-10-14/h1,3-4,7-8,11-12,14H,2,5-6,9-10H2,(H,19,20)/b12-11+. The molecule has 0 heterocycles. The van der Waals surface area contributed by atoms with Gasteiger partial charge in [-0.2, -0.15) is 8.78 Å². The summed E-state index contributed by atoms with van der Waals surface area (Å²) in [4.78, 5) is 11.6. The molecule has 1 aromatic rings. The van der Waals surface area contributed by atoms with Crippen LogP contribution in [0.1, 0.15) is 37.7 Å². The maximum atomic E-state index is 13.8. The Kier molecular flexibility index (Phi) is 4.88. The number of carbonyl (C=O) groups is 1.